The maximum absolute atomic E-state index is 11.7. The molecule has 0 aromatic carbocycles. The summed E-state index contributed by atoms with van der Waals surface area (Å²) >= 11 is -3.37. The number of alkyl halides is 1. The van der Waals surface area contributed by atoms with Crippen LogP contribution in [0, 0.1) is 0 Å². The molecule has 0 saturated heterocycles. The first kappa shape index (κ1) is 10.6. The summed E-state index contributed by atoms with van der Waals surface area (Å²) in [5.41, 5.74) is 0. The van der Waals surface area contributed by atoms with Crippen LogP contribution in [0.2, 0.25) is 0 Å². The van der Waals surface area contributed by atoms with Crippen LogP contribution in [0.15, 0.2) is 0 Å². The van der Waals surface area contributed by atoms with Crippen LogP contribution in [0.3, 0.4) is 0 Å². The van der Waals surface area contributed by atoms with Crippen molar-refractivity contribution < 1.29 is 5.72 Å². The molecule has 0 aromatic rings. The van der Waals surface area contributed by atoms with E-state index in [9.17, 15) is 5.72 Å². The Kier molecular flexibility index (Phi) is 8.15. The molecule has 0 N–H and O–H groups in total. The Bertz CT molecular complexity index is 66.6. The Morgan fingerprint density at radius 3 is 2.10 bits per heavy atom. The number of unbranched alkanes of at least 4 members (excludes halogenated alkanes) is 4. The fourth-order valence-electron chi connectivity index (χ4n) is 0.799. The number of hydrogen-bond acceptors (Lipinski definition) is 0. The van der Waals surface area contributed by atoms with Crippen LogP contribution in [-0.4, -0.2) is 4.43 Å². The van der Waals surface area contributed by atoms with Gasteiger partial charge in [0.25, 0.3) is 0 Å². The van der Waals surface area contributed by atoms with Crippen LogP contribution >= 0.6 is 21.0 Å². The van der Waals surface area contributed by atoms with Gasteiger partial charge in [-0.25, -0.2) is 0 Å². The van der Waals surface area contributed by atoms with Gasteiger partial charge in [-0.15, -0.1) is 0 Å². The van der Waals surface area contributed by atoms with Gasteiger partial charge in [-0.1, -0.05) is 0 Å². The first-order chi connectivity index (χ1) is 4.77. The Morgan fingerprint density at radius 2 is 1.60 bits per heavy atom. The van der Waals surface area contributed by atoms with Crippen LogP contribution in [0.4, 0.5) is 5.72 Å². The van der Waals surface area contributed by atoms with E-state index >= 15 is 0 Å². The van der Waals surface area contributed by atoms with Crippen LogP contribution in [0.25, 0.3) is 0 Å². The predicted molar refractivity (Wildman–Crippen MR) is 49.9 cm³/mol. The first-order valence-electron chi connectivity index (χ1n) is 3.76. The summed E-state index contributed by atoms with van der Waals surface area (Å²) in [5.74, 6) is 0. The van der Waals surface area contributed by atoms with Gasteiger partial charge in [0, 0.05) is 0 Å². The molecular weight excluding hydrogens is 249 g/mol. The molecule has 0 nitrogen and oxygen atoms in total. The third kappa shape index (κ3) is 8.59. The van der Waals surface area contributed by atoms with Crippen molar-refractivity contribution >= 4 is 21.0 Å². The van der Waals surface area contributed by atoms with E-state index in [2.05, 4.69) is 6.92 Å². The molecule has 0 aromatic heterocycles. The van der Waals surface area contributed by atoms with E-state index in [1.165, 1.54) is 12.8 Å². The molecule has 0 aliphatic carbocycles. The maximum atomic E-state index is 11.7. The van der Waals surface area contributed by atoms with Crippen molar-refractivity contribution in [3.63, 3.8) is 0 Å². The summed E-state index contributed by atoms with van der Waals surface area (Å²) in [5, 5.41) is 0. The van der Waals surface area contributed by atoms with Crippen molar-refractivity contribution in [3.05, 3.63) is 0 Å². The molecule has 0 atom stereocenters. The molecule has 64 valence electrons. The van der Waals surface area contributed by atoms with E-state index < -0.39 is 21.0 Å². The minimum absolute atomic E-state index is 0.244. The molecule has 0 bridgehead atoms. The van der Waals surface area contributed by atoms with Gasteiger partial charge in [-0.2, -0.15) is 0 Å². The molecule has 0 saturated carbocycles. The van der Waals surface area contributed by atoms with Gasteiger partial charge < -0.3 is 0 Å². The van der Waals surface area contributed by atoms with E-state index in [1.807, 2.05) is 0 Å². The second kappa shape index (κ2) is 7.69. The Balaban J connectivity index is 2.77. The summed E-state index contributed by atoms with van der Waals surface area (Å²) in [6, 6.07) is 0. The summed E-state index contributed by atoms with van der Waals surface area (Å²) in [4.78, 5) is 0. The quantitative estimate of drug-likeness (QED) is 0.382. The number of hydrogen-bond donors (Lipinski definition) is 0. The van der Waals surface area contributed by atoms with Gasteiger partial charge in [-0.3, -0.25) is 0 Å². The third-order valence-electron chi connectivity index (χ3n) is 1.38. The second-order valence-corrected chi connectivity index (χ2v) is 4.90. The molecule has 3 heteroatoms. The number of halogens is 3. The minimum atomic E-state index is -3.37. The summed E-state index contributed by atoms with van der Waals surface area (Å²) < 4.78 is 23.6. The van der Waals surface area contributed by atoms with Crippen molar-refractivity contribution in [1.29, 1.82) is 0 Å². The molecule has 0 amide bonds. The van der Waals surface area contributed by atoms with Crippen molar-refractivity contribution in [2.24, 2.45) is 0 Å². The van der Waals surface area contributed by atoms with Crippen molar-refractivity contribution in [2.45, 2.75) is 39.0 Å². The Morgan fingerprint density at radius 1 is 1.00 bits per heavy atom. The van der Waals surface area contributed by atoms with Crippen molar-refractivity contribution in [3.8, 4) is 0 Å². The van der Waals surface area contributed by atoms with Crippen LogP contribution < -0.4 is 0 Å². The monoisotopic (exact) mass is 264 g/mol. The van der Waals surface area contributed by atoms with E-state index in [1.54, 1.807) is 0 Å². The average molecular weight is 264 g/mol. The van der Waals surface area contributed by atoms with Gasteiger partial charge in [-0.05, 0) is 0 Å². The van der Waals surface area contributed by atoms with Crippen LogP contribution in [-0.2, 0) is 0 Å². The fraction of sp³-hybridized carbons (Fsp3) is 1.00. The average Bonchev–Trinajstić information content (AvgIpc) is 1.87. The molecule has 0 heterocycles. The summed E-state index contributed by atoms with van der Waals surface area (Å²) in [6.45, 7) is 2.13. The third-order valence-corrected chi connectivity index (χ3v) is 2.96. The molecule has 0 aliphatic rings. The standard InChI is InChI=1S/C7H15F2I/c1-2-3-4-5-6-7-10(8)9/h2-7H2,1H3. The SMILES string of the molecule is CCCCCCCI(F)F. The topological polar surface area (TPSA) is 0 Å². The zero-order valence-electron chi connectivity index (χ0n) is 6.38. The van der Waals surface area contributed by atoms with E-state index in [4.69, 9.17) is 0 Å². The molecule has 0 fully saturated rings. The zero-order valence-corrected chi connectivity index (χ0v) is 8.53. The predicted octanol–water partition coefficient (Wildman–Crippen LogP) is 4.23. The van der Waals surface area contributed by atoms with E-state index in [-0.39, 0.29) is 4.43 Å². The van der Waals surface area contributed by atoms with Gasteiger partial charge in [0.1, 0.15) is 0 Å². The molecular formula is C7H15F2I. The van der Waals surface area contributed by atoms with Crippen LogP contribution in [0.1, 0.15) is 39.0 Å². The zero-order chi connectivity index (χ0) is 7.82. The van der Waals surface area contributed by atoms with Crippen LogP contribution in [0.5, 0.6) is 0 Å². The Labute approximate surface area is 70.3 Å². The van der Waals surface area contributed by atoms with Gasteiger partial charge >= 0.3 is 70.1 Å². The fourth-order valence-corrected chi connectivity index (χ4v) is 1.92. The Hall–Kier alpha value is 0.590. The summed E-state index contributed by atoms with van der Waals surface area (Å²) in [7, 11) is 0. The van der Waals surface area contributed by atoms with Gasteiger partial charge in [0.15, 0.2) is 0 Å². The molecule has 10 heavy (non-hydrogen) atoms. The molecule has 0 unspecified atom stereocenters. The molecule has 0 aliphatic heterocycles. The van der Waals surface area contributed by atoms with Gasteiger partial charge in [0.2, 0.25) is 0 Å². The second-order valence-electron chi connectivity index (χ2n) is 2.36. The molecule has 0 spiro atoms. The van der Waals surface area contributed by atoms with E-state index in [0.29, 0.717) is 0 Å². The molecule has 0 radical (unpaired) electrons. The first-order valence-corrected chi connectivity index (χ1v) is 6.92. The van der Waals surface area contributed by atoms with Crippen molar-refractivity contribution in [2.75, 3.05) is 4.43 Å². The van der Waals surface area contributed by atoms with Crippen molar-refractivity contribution in [1.82, 2.24) is 0 Å². The molecule has 0 rings (SSSR count). The summed E-state index contributed by atoms with van der Waals surface area (Å²) in [6.07, 6.45) is 5.30. The number of rotatable bonds is 6. The normalized spacial score (nSPS) is 11.7. The van der Waals surface area contributed by atoms with E-state index in [0.717, 1.165) is 19.3 Å². The van der Waals surface area contributed by atoms with Gasteiger partial charge in [0.05, 0.1) is 0 Å².